The number of carbonyl (C=O) groups is 1. The zero-order chi connectivity index (χ0) is 9.54. The Bertz CT molecular complexity index is 602. The zero-order valence-electron chi connectivity index (χ0n) is 7.27. The molecule has 3 nitrogen and oxygen atoms in total. The SMILES string of the molecule is O=C1C=c2cc3ccccc3nc2=N1. The molecule has 3 rings (SSSR count). The molecule has 0 aliphatic carbocycles. The highest BCUT2D eigenvalue weighted by molar-refractivity contribution is 6.06. The summed E-state index contributed by atoms with van der Waals surface area (Å²) in [7, 11) is 0. The second-order valence-corrected chi connectivity index (χ2v) is 3.19. The summed E-state index contributed by atoms with van der Waals surface area (Å²) in [6.45, 7) is 0. The van der Waals surface area contributed by atoms with Gasteiger partial charge in [-0.15, -0.1) is 0 Å². The molecule has 2 heterocycles. The van der Waals surface area contributed by atoms with E-state index in [4.69, 9.17) is 0 Å². The van der Waals surface area contributed by atoms with Crippen LogP contribution in [0.3, 0.4) is 0 Å². The van der Waals surface area contributed by atoms with E-state index in [2.05, 4.69) is 9.98 Å². The molecule has 1 aromatic heterocycles. The fourth-order valence-corrected chi connectivity index (χ4v) is 1.59. The van der Waals surface area contributed by atoms with Crippen LogP contribution in [0.25, 0.3) is 17.0 Å². The highest BCUT2D eigenvalue weighted by atomic mass is 16.1. The van der Waals surface area contributed by atoms with Crippen LogP contribution in [0.5, 0.6) is 0 Å². The van der Waals surface area contributed by atoms with Crippen LogP contribution in [0, 0.1) is 0 Å². The van der Waals surface area contributed by atoms with Gasteiger partial charge in [-0.05, 0) is 12.1 Å². The maximum atomic E-state index is 11.0. The lowest BCUT2D eigenvalue weighted by Crippen LogP contribution is -2.24. The van der Waals surface area contributed by atoms with Crippen molar-refractivity contribution >= 4 is 22.9 Å². The van der Waals surface area contributed by atoms with E-state index in [-0.39, 0.29) is 5.91 Å². The van der Waals surface area contributed by atoms with Gasteiger partial charge in [-0.25, -0.2) is 4.98 Å². The molecule has 1 aromatic carbocycles. The van der Waals surface area contributed by atoms with Crippen LogP contribution in [0.2, 0.25) is 0 Å². The number of amides is 1. The van der Waals surface area contributed by atoms with Crippen LogP contribution in [0.4, 0.5) is 0 Å². The molecule has 1 aliphatic heterocycles. The summed E-state index contributed by atoms with van der Waals surface area (Å²) in [5.74, 6) is -0.220. The van der Waals surface area contributed by atoms with Crippen molar-refractivity contribution in [2.75, 3.05) is 0 Å². The van der Waals surface area contributed by atoms with Crippen molar-refractivity contribution in [2.45, 2.75) is 0 Å². The van der Waals surface area contributed by atoms with E-state index < -0.39 is 0 Å². The summed E-state index contributed by atoms with van der Waals surface area (Å²) in [6.07, 6.45) is 1.51. The molecule has 0 atom stereocenters. The number of nitrogens with zero attached hydrogens (tertiary/aromatic N) is 2. The van der Waals surface area contributed by atoms with Gasteiger partial charge in [0.05, 0.1) is 5.52 Å². The minimum atomic E-state index is -0.220. The molecule has 0 unspecified atom stereocenters. The molecule has 0 bridgehead atoms. The van der Waals surface area contributed by atoms with Gasteiger partial charge in [-0.3, -0.25) is 4.79 Å². The minimum Gasteiger partial charge on any atom is -0.267 e. The van der Waals surface area contributed by atoms with Crippen LogP contribution in [-0.4, -0.2) is 10.9 Å². The van der Waals surface area contributed by atoms with Crippen LogP contribution >= 0.6 is 0 Å². The van der Waals surface area contributed by atoms with Crippen LogP contribution in [-0.2, 0) is 4.79 Å². The molecule has 0 saturated heterocycles. The van der Waals surface area contributed by atoms with E-state index in [1.54, 1.807) is 0 Å². The van der Waals surface area contributed by atoms with Gasteiger partial charge in [0.15, 0.2) is 5.49 Å². The van der Waals surface area contributed by atoms with Gasteiger partial charge < -0.3 is 0 Å². The van der Waals surface area contributed by atoms with E-state index in [0.717, 1.165) is 16.1 Å². The standard InChI is InChI=1S/C11H6N2O/c14-10-6-8-5-7-3-1-2-4-9(7)12-11(8)13-10/h1-6H. The van der Waals surface area contributed by atoms with Gasteiger partial charge in [-0.1, -0.05) is 18.2 Å². The molecule has 66 valence electrons. The lowest BCUT2D eigenvalue weighted by molar-refractivity contribution is -0.112. The summed E-state index contributed by atoms with van der Waals surface area (Å²) >= 11 is 0. The number of aromatic nitrogens is 1. The Morgan fingerprint density at radius 2 is 2.00 bits per heavy atom. The fraction of sp³-hybridized carbons (Fsp3) is 0. The lowest BCUT2D eigenvalue weighted by atomic mass is 10.2. The summed E-state index contributed by atoms with van der Waals surface area (Å²) in [4.78, 5) is 19.1. The first-order valence-electron chi connectivity index (χ1n) is 4.33. The summed E-state index contributed by atoms with van der Waals surface area (Å²) in [5, 5.41) is 1.85. The number of carbonyl (C=O) groups excluding carboxylic acids is 1. The normalized spacial score (nSPS) is 13.6. The molecule has 1 amide bonds. The Balaban J connectivity index is 2.56. The maximum Gasteiger partial charge on any atom is 0.272 e. The molecule has 0 fully saturated rings. The predicted octanol–water partition coefficient (Wildman–Crippen LogP) is 0.175. The molecule has 0 spiro atoms. The largest absolute Gasteiger partial charge is 0.272 e. The van der Waals surface area contributed by atoms with Gasteiger partial charge >= 0.3 is 0 Å². The summed E-state index contributed by atoms with van der Waals surface area (Å²) in [5.41, 5.74) is 1.41. The van der Waals surface area contributed by atoms with Gasteiger partial charge in [0, 0.05) is 16.7 Å². The van der Waals surface area contributed by atoms with Crippen molar-refractivity contribution in [3.05, 3.63) is 41.0 Å². The second kappa shape index (κ2) is 2.48. The third-order valence-corrected chi connectivity index (χ3v) is 2.23. The number of rotatable bonds is 0. The van der Waals surface area contributed by atoms with E-state index in [9.17, 15) is 4.79 Å². The molecule has 1 aliphatic rings. The Morgan fingerprint density at radius 1 is 1.14 bits per heavy atom. The van der Waals surface area contributed by atoms with Crippen molar-refractivity contribution in [3.8, 4) is 0 Å². The van der Waals surface area contributed by atoms with Gasteiger partial charge in [0.25, 0.3) is 5.91 Å². The van der Waals surface area contributed by atoms with E-state index >= 15 is 0 Å². The number of hydrogen-bond acceptors (Lipinski definition) is 2. The smallest absolute Gasteiger partial charge is 0.267 e. The van der Waals surface area contributed by atoms with Crippen molar-refractivity contribution in [3.63, 3.8) is 0 Å². The zero-order valence-corrected chi connectivity index (χ0v) is 7.27. The third-order valence-electron chi connectivity index (χ3n) is 2.23. The number of fused-ring (bicyclic) bond motifs is 2. The van der Waals surface area contributed by atoms with Crippen molar-refractivity contribution < 1.29 is 4.79 Å². The maximum absolute atomic E-state index is 11.0. The number of para-hydroxylation sites is 1. The average molecular weight is 182 g/mol. The second-order valence-electron chi connectivity index (χ2n) is 3.19. The van der Waals surface area contributed by atoms with E-state index in [0.29, 0.717) is 5.49 Å². The van der Waals surface area contributed by atoms with Crippen LogP contribution < -0.4 is 10.7 Å². The molecule has 2 aromatic rings. The van der Waals surface area contributed by atoms with Gasteiger partial charge in [0.2, 0.25) is 0 Å². The number of hydrogen-bond donors (Lipinski definition) is 0. The number of pyridine rings is 1. The van der Waals surface area contributed by atoms with Crippen molar-refractivity contribution in [1.82, 2.24) is 4.98 Å². The molecule has 0 radical (unpaired) electrons. The molecule has 3 heteroatoms. The molecule has 0 N–H and O–H groups in total. The molecular weight excluding hydrogens is 176 g/mol. The van der Waals surface area contributed by atoms with Crippen LogP contribution in [0.1, 0.15) is 0 Å². The summed E-state index contributed by atoms with van der Waals surface area (Å²) < 4.78 is 0. The highest BCUT2D eigenvalue weighted by Gasteiger charge is 2.04. The van der Waals surface area contributed by atoms with Gasteiger partial charge in [-0.2, -0.15) is 4.99 Å². The van der Waals surface area contributed by atoms with E-state index in [1.165, 1.54) is 6.08 Å². The topological polar surface area (TPSA) is 42.3 Å². The molecular formula is C11H6N2O. The predicted molar refractivity (Wildman–Crippen MR) is 52.0 cm³/mol. The van der Waals surface area contributed by atoms with Crippen molar-refractivity contribution in [2.24, 2.45) is 4.99 Å². The molecule has 0 saturated carbocycles. The highest BCUT2D eigenvalue weighted by Crippen LogP contribution is 2.05. The number of benzene rings is 1. The van der Waals surface area contributed by atoms with Crippen LogP contribution in [0.15, 0.2) is 35.3 Å². The van der Waals surface area contributed by atoms with Crippen molar-refractivity contribution in [1.29, 1.82) is 0 Å². The third kappa shape index (κ3) is 0.956. The first-order valence-corrected chi connectivity index (χ1v) is 4.33. The first kappa shape index (κ1) is 7.38. The Morgan fingerprint density at radius 3 is 2.93 bits per heavy atom. The monoisotopic (exact) mass is 182 g/mol. The van der Waals surface area contributed by atoms with Gasteiger partial charge in [0.1, 0.15) is 0 Å². The van der Waals surface area contributed by atoms with E-state index in [1.807, 2.05) is 30.3 Å². The Hall–Kier alpha value is -2.03. The average Bonchev–Trinajstić information content (AvgIpc) is 2.53. The quantitative estimate of drug-likeness (QED) is 0.583. The minimum absolute atomic E-state index is 0.220. The fourth-order valence-electron chi connectivity index (χ4n) is 1.59. The first-order chi connectivity index (χ1) is 6.83. The summed E-state index contributed by atoms with van der Waals surface area (Å²) in [6, 6.07) is 9.69. The Kier molecular flexibility index (Phi) is 1.31. The Labute approximate surface area is 79.4 Å². The lowest BCUT2D eigenvalue weighted by Gasteiger charge is -1.93. The molecule has 14 heavy (non-hydrogen) atoms.